The van der Waals surface area contributed by atoms with Crippen LogP contribution in [0, 0.1) is 17.3 Å². The van der Waals surface area contributed by atoms with E-state index >= 15 is 0 Å². The molecule has 0 aromatic rings. The molecule has 1 saturated carbocycles. The molecular weight excluding hydrogens is 232 g/mol. The Morgan fingerprint density at radius 2 is 1.68 bits per heavy atom. The zero-order chi connectivity index (χ0) is 14.6. The van der Waals surface area contributed by atoms with E-state index in [1.807, 2.05) is 0 Å². The van der Waals surface area contributed by atoms with Gasteiger partial charge in [0.2, 0.25) is 0 Å². The summed E-state index contributed by atoms with van der Waals surface area (Å²) in [5.74, 6) is 1.71. The number of rotatable bonds is 5. The normalized spacial score (nSPS) is 28.4. The molecule has 0 aromatic heterocycles. The lowest BCUT2D eigenvalue weighted by Gasteiger charge is -2.43. The van der Waals surface area contributed by atoms with E-state index in [4.69, 9.17) is 5.73 Å². The van der Waals surface area contributed by atoms with Crippen LogP contribution in [0.1, 0.15) is 66.7 Å². The molecular formula is C17H36N2. The summed E-state index contributed by atoms with van der Waals surface area (Å²) in [7, 11) is 2.27. The van der Waals surface area contributed by atoms with Crippen LogP contribution in [-0.2, 0) is 0 Å². The highest BCUT2D eigenvalue weighted by Gasteiger charge is 2.34. The second-order valence-corrected chi connectivity index (χ2v) is 7.70. The van der Waals surface area contributed by atoms with Crippen LogP contribution in [0.4, 0.5) is 0 Å². The molecule has 1 aliphatic rings. The second kappa shape index (κ2) is 7.08. The van der Waals surface area contributed by atoms with E-state index in [2.05, 4.69) is 46.6 Å². The van der Waals surface area contributed by atoms with Crippen LogP contribution in [0.5, 0.6) is 0 Å². The van der Waals surface area contributed by atoms with Crippen molar-refractivity contribution < 1.29 is 0 Å². The predicted molar refractivity (Wildman–Crippen MR) is 85.3 cm³/mol. The van der Waals surface area contributed by atoms with Crippen molar-refractivity contribution in [3.63, 3.8) is 0 Å². The Balaban J connectivity index is 2.57. The summed E-state index contributed by atoms with van der Waals surface area (Å²) in [6.45, 7) is 12.6. The number of hydrogen-bond donors (Lipinski definition) is 1. The minimum Gasteiger partial charge on any atom is -0.329 e. The highest BCUT2D eigenvalue weighted by Crippen LogP contribution is 2.41. The van der Waals surface area contributed by atoms with Crippen LogP contribution in [0.25, 0.3) is 0 Å². The standard InChI is InChI=1S/C17H36N2/c1-7-13(2)19(6)16(12-18)14-8-10-15(11-9-14)17(3,4)5/h13-16H,7-12,18H2,1-6H3. The molecule has 1 aliphatic carbocycles. The van der Waals surface area contributed by atoms with E-state index in [0.717, 1.165) is 18.4 Å². The van der Waals surface area contributed by atoms with Crippen LogP contribution >= 0.6 is 0 Å². The van der Waals surface area contributed by atoms with Crippen molar-refractivity contribution in [2.75, 3.05) is 13.6 Å². The smallest absolute Gasteiger partial charge is 0.0246 e. The molecule has 19 heavy (non-hydrogen) atoms. The summed E-state index contributed by atoms with van der Waals surface area (Å²) in [5.41, 5.74) is 6.55. The van der Waals surface area contributed by atoms with Gasteiger partial charge in [0.15, 0.2) is 0 Å². The number of hydrogen-bond acceptors (Lipinski definition) is 2. The second-order valence-electron chi connectivity index (χ2n) is 7.70. The Kier molecular flexibility index (Phi) is 6.32. The fourth-order valence-corrected chi connectivity index (χ4v) is 3.68. The van der Waals surface area contributed by atoms with E-state index in [9.17, 15) is 0 Å². The third-order valence-electron chi connectivity index (χ3n) is 5.59. The lowest BCUT2D eigenvalue weighted by molar-refractivity contribution is 0.0762. The molecule has 2 N–H and O–H groups in total. The summed E-state index contributed by atoms with van der Waals surface area (Å²) in [5, 5.41) is 0. The van der Waals surface area contributed by atoms with Gasteiger partial charge < -0.3 is 5.73 Å². The third-order valence-corrected chi connectivity index (χ3v) is 5.59. The molecule has 114 valence electrons. The quantitative estimate of drug-likeness (QED) is 0.819. The van der Waals surface area contributed by atoms with Gasteiger partial charge in [-0.3, -0.25) is 4.90 Å². The summed E-state index contributed by atoms with van der Waals surface area (Å²) in [6, 6.07) is 1.23. The van der Waals surface area contributed by atoms with Crippen molar-refractivity contribution in [1.29, 1.82) is 0 Å². The van der Waals surface area contributed by atoms with Gasteiger partial charge in [0.1, 0.15) is 0 Å². The molecule has 2 heteroatoms. The Morgan fingerprint density at radius 1 is 1.16 bits per heavy atom. The van der Waals surface area contributed by atoms with Crippen LogP contribution < -0.4 is 5.73 Å². The average Bonchev–Trinajstić information content (AvgIpc) is 2.38. The van der Waals surface area contributed by atoms with E-state index in [0.29, 0.717) is 17.5 Å². The zero-order valence-corrected chi connectivity index (χ0v) is 14.1. The van der Waals surface area contributed by atoms with E-state index in [1.165, 1.54) is 32.1 Å². The SMILES string of the molecule is CCC(C)N(C)C(CN)C1CCC(C(C)(C)C)CC1. The molecule has 2 unspecified atom stereocenters. The molecule has 0 spiro atoms. The van der Waals surface area contributed by atoms with Crippen LogP contribution in [0.15, 0.2) is 0 Å². The monoisotopic (exact) mass is 268 g/mol. The highest BCUT2D eigenvalue weighted by atomic mass is 15.2. The topological polar surface area (TPSA) is 29.3 Å². The van der Waals surface area contributed by atoms with Gasteiger partial charge in [0.25, 0.3) is 0 Å². The van der Waals surface area contributed by atoms with Crippen LogP contribution in [0.3, 0.4) is 0 Å². The number of nitrogens with two attached hydrogens (primary N) is 1. The van der Waals surface area contributed by atoms with Gasteiger partial charge in [-0.05, 0) is 63.3 Å². The summed E-state index contributed by atoms with van der Waals surface area (Å²) in [6.07, 6.45) is 6.72. The Labute approximate surface area is 121 Å². The molecule has 0 aromatic carbocycles. The fraction of sp³-hybridized carbons (Fsp3) is 1.00. The lowest BCUT2D eigenvalue weighted by Crippen LogP contribution is -2.48. The van der Waals surface area contributed by atoms with Gasteiger partial charge in [-0.1, -0.05) is 27.7 Å². The minimum atomic E-state index is 0.478. The zero-order valence-electron chi connectivity index (χ0n) is 14.1. The van der Waals surface area contributed by atoms with Gasteiger partial charge in [-0.15, -0.1) is 0 Å². The molecule has 1 fully saturated rings. The van der Waals surface area contributed by atoms with Crippen molar-refractivity contribution in [3.05, 3.63) is 0 Å². The third kappa shape index (κ3) is 4.46. The predicted octanol–water partition coefficient (Wildman–Crippen LogP) is 3.90. The maximum atomic E-state index is 6.08. The molecule has 0 amide bonds. The van der Waals surface area contributed by atoms with Gasteiger partial charge in [0.05, 0.1) is 0 Å². The van der Waals surface area contributed by atoms with Crippen molar-refractivity contribution in [3.8, 4) is 0 Å². The molecule has 0 aliphatic heterocycles. The fourth-order valence-electron chi connectivity index (χ4n) is 3.68. The van der Waals surface area contributed by atoms with Gasteiger partial charge in [-0.25, -0.2) is 0 Å². The number of nitrogens with zero attached hydrogens (tertiary/aromatic N) is 1. The minimum absolute atomic E-state index is 0.478. The van der Waals surface area contributed by atoms with Gasteiger partial charge in [-0.2, -0.15) is 0 Å². The van der Waals surface area contributed by atoms with Crippen molar-refractivity contribution in [2.45, 2.75) is 78.8 Å². The summed E-state index contributed by atoms with van der Waals surface area (Å²) < 4.78 is 0. The van der Waals surface area contributed by atoms with Crippen molar-refractivity contribution >= 4 is 0 Å². The maximum absolute atomic E-state index is 6.08. The Hall–Kier alpha value is -0.0800. The first-order valence-corrected chi connectivity index (χ1v) is 8.23. The molecule has 0 radical (unpaired) electrons. The molecule has 1 rings (SSSR count). The van der Waals surface area contributed by atoms with E-state index < -0.39 is 0 Å². The molecule has 0 bridgehead atoms. The average molecular weight is 268 g/mol. The first-order valence-electron chi connectivity index (χ1n) is 8.23. The molecule has 0 heterocycles. The largest absolute Gasteiger partial charge is 0.329 e. The molecule has 2 atom stereocenters. The van der Waals surface area contributed by atoms with E-state index in [-0.39, 0.29) is 0 Å². The van der Waals surface area contributed by atoms with Gasteiger partial charge in [0, 0.05) is 18.6 Å². The van der Waals surface area contributed by atoms with Gasteiger partial charge >= 0.3 is 0 Å². The Morgan fingerprint density at radius 3 is 2.05 bits per heavy atom. The first kappa shape index (κ1) is 17.0. The van der Waals surface area contributed by atoms with Crippen LogP contribution in [-0.4, -0.2) is 30.6 Å². The maximum Gasteiger partial charge on any atom is 0.0246 e. The summed E-state index contributed by atoms with van der Waals surface area (Å²) >= 11 is 0. The highest BCUT2D eigenvalue weighted by molar-refractivity contribution is 4.87. The van der Waals surface area contributed by atoms with Crippen molar-refractivity contribution in [1.82, 2.24) is 4.90 Å². The van der Waals surface area contributed by atoms with E-state index in [1.54, 1.807) is 0 Å². The lowest BCUT2D eigenvalue weighted by atomic mass is 9.68. The van der Waals surface area contributed by atoms with Crippen molar-refractivity contribution in [2.24, 2.45) is 23.0 Å². The summed E-state index contributed by atoms with van der Waals surface area (Å²) in [4.78, 5) is 2.53. The number of likely N-dealkylation sites (N-methyl/N-ethyl adjacent to an activating group) is 1. The molecule has 0 saturated heterocycles. The Bertz CT molecular complexity index is 248. The molecule has 2 nitrogen and oxygen atoms in total. The van der Waals surface area contributed by atoms with Crippen LogP contribution in [0.2, 0.25) is 0 Å². The first-order chi connectivity index (χ1) is 8.81.